The van der Waals surface area contributed by atoms with Crippen LogP contribution in [-0.2, 0) is 0 Å². The summed E-state index contributed by atoms with van der Waals surface area (Å²) < 4.78 is 0. The first-order valence-electron chi connectivity index (χ1n) is 8.15. The summed E-state index contributed by atoms with van der Waals surface area (Å²) in [6, 6.07) is 2.53. The molecule has 0 radical (unpaired) electrons. The number of piperidine rings is 1. The van der Waals surface area contributed by atoms with E-state index in [-0.39, 0.29) is 0 Å². The maximum Gasteiger partial charge on any atom is 0.0252 e. The van der Waals surface area contributed by atoms with Crippen LogP contribution in [0.1, 0.15) is 65.2 Å². The Hall–Kier alpha value is -0.0800. The first kappa shape index (κ1) is 12.9. The lowest BCUT2D eigenvalue weighted by molar-refractivity contribution is 0.0707. The Morgan fingerprint density at radius 1 is 1.06 bits per heavy atom. The van der Waals surface area contributed by atoms with E-state index in [1.54, 1.807) is 0 Å². The van der Waals surface area contributed by atoms with Gasteiger partial charge in [0.2, 0.25) is 0 Å². The maximum atomic E-state index is 3.76. The van der Waals surface area contributed by atoms with Crippen molar-refractivity contribution in [1.29, 1.82) is 0 Å². The van der Waals surface area contributed by atoms with Gasteiger partial charge in [-0.15, -0.1) is 0 Å². The van der Waals surface area contributed by atoms with Crippen molar-refractivity contribution >= 4 is 0 Å². The van der Waals surface area contributed by atoms with Gasteiger partial charge < -0.3 is 5.32 Å². The van der Waals surface area contributed by atoms with Gasteiger partial charge in [0.15, 0.2) is 0 Å². The second-order valence-electron chi connectivity index (χ2n) is 7.56. The van der Waals surface area contributed by atoms with E-state index in [9.17, 15) is 0 Å². The van der Waals surface area contributed by atoms with Gasteiger partial charge in [-0.3, -0.25) is 4.90 Å². The summed E-state index contributed by atoms with van der Waals surface area (Å²) in [5.41, 5.74) is 0.593. The summed E-state index contributed by atoms with van der Waals surface area (Å²) in [5, 5.41) is 3.76. The van der Waals surface area contributed by atoms with Crippen LogP contribution < -0.4 is 5.32 Å². The predicted molar refractivity (Wildman–Crippen MR) is 76.8 cm³/mol. The number of likely N-dealkylation sites (tertiary alicyclic amines) is 1. The van der Waals surface area contributed by atoms with E-state index in [2.05, 4.69) is 24.1 Å². The molecule has 1 aliphatic carbocycles. The van der Waals surface area contributed by atoms with Gasteiger partial charge in [0.25, 0.3) is 0 Å². The quantitative estimate of drug-likeness (QED) is 0.810. The molecule has 18 heavy (non-hydrogen) atoms. The van der Waals surface area contributed by atoms with Gasteiger partial charge >= 0.3 is 0 Å². The van der Waals surface area contributed by atoms with Crippen molar-refractivity contribution in [2.45, 2.75) is 83.3 Å². The van der Waals surface area contributed by atoms with Gasteiger partial charge in [-0.05, 0) is 63.5 Å². The average molecular weight is 250 g/mol. The molecule has 2 heterocycles. The minimum atomic E-state index is 0.593. The fraction of sp³-hybridized carbons (Fsp3) is 1.00. The summed E-state index contributed by atoms with van der Waals surface area (Å²) in [7, 11) is 0. The van der Waals surface area contributed by atoms with Crippen molar-refractivity contribution < 1.29 is 0 Å². The van der Waals surface area contributed by atoms with Crippen molar-refractivity contribution in [1.82, 2.24) is 10.2 Å². The first-order valence-corrected chi connectivity index (χ1v) is 8.15. The van der Waals surface area contributed by atoms with Gasteiger partial charge in [-0.1, -0.05) is 20.3 Å². The van der Waals surface area contributed by atoms with Gasteiger partial charge in [-0.2, -0.15) is 0 Å². The van der Waals surface area contributed by atoms with E-state index in [1.807, 2.05) is 0 Å². The summed E-state index contributed by atoms with van der Waals surface area (Å²) >= 11 is 0. The number of hydrogen-bond donors (Lipinski definition) is 1. The van der Waals surface area contributed by atoms with Crippen LogP contribution in [0.15, 0.2) is 0 Å². The smallest absolute Gasteiger partial charge is 0.0252 e. The molecule has 2 aliphatic heterocycles. The Morgan fingerprint density at radius 2 is 1.94 bits per heavy atom. The third-order valence-corrected chi connectivity index (χ3v) is 5.57. The number of nitrogens with one attached hydrogen (secondary N) is 1. The second kappa shape index (κ2) is 5.13. The lowest BCUT2D eigenvalue weighted by atomic mass is 9.89. The summed E-state index contributed by atoms with van der Waals surface area (Å²) in [6.45, 7) is 7.54. The highest BCUT2D eigenvalue weighted by molar-refractivity contribution is 4.96. The Kier molecular flexibility index (Phi) is 3.68. The van der Waals surface area contributed by atoms with E-state index in [0.29, 0.717) is 5.41 Å². The van der Waals surface area contributed by atoms with E-state index in [1.165, 1.54) is 64.5 Å². The fourth-order valence-corrected chi connectivity index (χ4v) is 4.59. The molecule has 0 amide bonds. The van der Waals surface area contributed by atoms with Crippen LogP contribution in [0.4, 0.5) is 0 Å². The predicted octanol–water partition coefficient (Wildman–Crippen LogP) is 3.17. The SMILES string of the molecule is CC1(C)CCC(N2CCCCC2C2CCCN2)C1. The largest absolute Gasteiger partial charge is 0.312 e. The van der Waals surface area contributed by atoms with Crippen LogP contribution in [0.2, 0.25) is 0 Å². The summed E-state index contributed by atoms with van der Waals surface area (Å²) in [5.74, 6) is 0. The minimum absolute atomic E-state index is 0.593. The summed E-state index contributed by atoms with van der Waals surface area (Å²) in [4.78, 5) is 2.90. The van der Waals surface area contributed by atoms with Gasteiger partial charge in [0.1, 0.15) is 0 Å². The van der Waals surface area contributed by atoms with Gasteiger partial charge in [0, 0.05) is 18.1 Å². The van der Waals surface area contributed by atoms with Crippen molar-refractivity contribution in [3.8, 4) is 0 Å². The number of nitrogens with zero attached hydrogens (tertiary/aromatic N) is 1. The lowest BCUT2D eigenvalue weighted by Gasteiger charge is -2.43. The van der Waals surface area contributed by atoms with E-state index < -0.39 is 0 Å². The molecule has 2 saturated heterocycles. The molecule has 104 valence electrons. The average Bonchev–Trinajstić information content (AvgIpc) is 2.98. The van der Waals surface area contributed by atoms with Crippen molar-refractivity contribution in [3.63, 3.8) is 0 Å². The molecule has 3 atom stereocenters. The zero-order valence-electron chi connectivity index (χ0n) is 12.3. The highest BCUT2D eigenvalue weighted by atomic mass is 15.2. The van der Waals surface area contributed by atoms with Gasteiger partial charge in [-0.25, -0.2) is 0 Å². The Morgan fingerprint density at radius 3 is 2.61 bits per heavy atom. The molecule has 3 unspecified atom stereocenters. The molecular weight excluding hydrogens is 220 g/mol. The van der Waals surface area contributed by atoms with Crippen LogP contribution in [0.3, 0.4) is 0 Å². The molecule has 0 aromatic heterocycles. The molecule has 1 N–H and O–H groups in total. The molecule has 3 aliphatic rings. The Labute approximate surface area is 113 Å². The first-order chi connectivity index (χ1) is 8.66. The van der Waals surface area contributed by atoms with Crippen molar-refractivity contribution in [3.05, 3.63) is 0 Å². The summed E-state index contributed by atoms with van der Waals surface area (Å²) in [6.07, 6.45) is 11.4. The van der Waals surface area contributed by atoms with E-state index >= 15 is 0 Å². The molecule has 3 fully saturated rings. The third kappa shape index (κ3) is 2.60. The number of rotatable bonds is 2. The molecule has 1 saturated carbocycles. The molecule has 3 rings (SSSR count). The zero-order valence-corrected chi connectivity index (χ0v) is 12.3. The normalized spacial score (nSPS) is 41.3. The Bertz CT molecular complexity index is 281. The molecule has 0 aromatic rings. The molecule has 0 bridgehead atoms. The number of hydrogen-bond acceptors (Lipinski definition) is 2. The second-order valence-corrected chi connectivity index (χ2v) is 7.56. The van der Waals surface area contributed by atoms with Crippen molar-refractivity contribution in [2.24, 2.45) is 5.41 Å². The lowest BCUT2D eigenvalue weighted by Crippen LogP contribution is -2.53. The zero-order chi connectivity index (χ0) is 12.6. The molecule has 0 aromatic carbocycles. The van der Waals surface area contributed by atoms with Crippen LogP contribution in [0.5, 0.6) is 0 Å². The van der Waals surface area contributed by atoms with Crippen molar-refractivity contribution in [2.75, 3.05) is 13.1 Å². The molecule has 2 nitrogen and oxygen atoms in total. The highest BCUT2D eigenvalue weighted by Crippen LogP contribution is 2.41. The molecular formula is C16H30N2. The van der Waals surface area contributed by atoms with Crippen LogP contribution >= 0.6 is 0 Å². The topological polar surface area (TPSA) is 15.3 Å². The monoisotopic (exact) mass is 250 g/mol. The van der Waals surface area contributed by atoms with E-state index in [4.69, 9.17) is 0 Å². The maximum absolute atomic E-state index is 3.76. The third-order valence-electron chi connectivity index (χ3n) is 5.57. The van der Waals surface area contributed by atoms with E-state index in [0.717, 1.165) is 18.1 Å². The molecule has 0 spiro atoms. The molecule has 2 heteroatoms. The van der Waals surface area contributed by atoms with Crippen LogP contribution in [0, 0.1) is 5.41 Å². The Balaban J connectivity index is 1.68. The fourth-order valence-electron chi connectivity index (χ4n) is 4.59. The minimum Gasteiger partial charge on any atom is -0.312 e. The van der Waals surface area contributed by atoms with Gasteiger partial charge in [0.05, 0.1) is 0 Å². The highest BCUT2D eigenvalue weighted by Gasteiger charge is 2.40. The van der Waals surface area contributed by atoms with Crippen LogP contribution in [0.25, 0.3) is 0 Å². The van der Waals surface area contributed by atoms with Crippen LogP contribution in [-0.4, -0.2) is 36.1 Å². The standard InChI is InChI=1S/C16H30N2/c1-16(2)9-8-13(12-16)18-11-4-3-7-15(18)14-6-5-10-17-14/h13-15,17H,3-12H2,1-2H3.